The minimum atomic E-state index is 0.900. The molecule has 0 bridgehead atoms. The summed E-state index contributed by atoms with van der Waals surface area (Å²) in [5.74, 6) is 0. The molecule has 0 atom stereocenters. The zero-order chi connectivity index (χ0) is 39.1. The van der Waals surface area contributed by atoms with E-state index >= 15 is 0 Å². The number of para-hydroxylation sites is 5. The molecule has 0 amide bonds. The molecular formula is C56H38N2O. The van der Waals surface area contributed by atoms with E-state index in [9.17, 15) is 0 Å². The molecule has 0 fully saturated rings. The van der Waals surface area contributed by atoms with Gasteiger partial charge in [-0.25, -0.2) is 0 Å². The van der Waals surface area contributed by atoms with Crippen LogP contribution >= 0.6 is 0 Å². The fourth-order valence-electron chi connectivity index (χ4n) is 8.69. The Balaban J connectivity index is 1.14. The van der Waals surface area contributed by atoms with Crippen molar-refractivity contribution < 1.29 is 4.42 Å². The second-order valence-electron chi connectivity index (χ2n) is 14.9. The molecule has 0 saturated heterocycles. The minimum Gasteiger partial charge on any atom is -0.455 e. The lowest BCUT2D eigenvalue weighted by atomic mass is 9.92. The van der Waals surface area contributed by atoms with Crippen molar-refractivity contribution in [2.75, 3.05) is 9.80 Å². The maximum absolute atomic E-state index is 6.46. The average molecular weight is 755 g/mol. The van der Waals surface area contributed by atoms with Gasteiger partial charge in [-0.1, -0.05) is 152 Å². The molecule has 278 valence electrons. The molecule has 0 spiro atoms. The average Bonchev–Trinajstić information content (AvgIpc) is 3.69. The van der Waals surface area contributed by atoms with Crippen molar-refractivity contribution in [3.8, 4) is 22.3 Å². The van der Waals surface area contributed by atoms with E-state index in [1.165, 1.54) is 27.1 Å². The first-order chi connectivity index (χ1) is 29.3. The molecule has 0 N–H and O–H groups in total. The zero-order valence-electron chi connectivity index (χ0n) is 32.2. The Morgan fingerprint density at radius 1 is 0.271 bits per heavy atom. The first-order valence-electron chi connectivity index (χ1n) is 20.1. The highest BCUT2D eigenvalue weighted by molar-refractivity contribution is 6.14. The van der Waals surface area contributed by atoms with Gasteiger partial charge in [-0.15, -0.1) is 0 Å². The molecule has 11 rings (SSSR count). The summed E-state index contributed by atoms with van der Waals surface area (Å²) in [4.78, 5) is 4.73. The molecule has 0 aliphatic heterocycles. The normalized spacial score (nSPS) is 11.4. The summed E-state index contributed by atoms with van der Waals surface area (Å²) in [5, 5.41) is 7.18. The molecule has 0 saturated carbocycles. The van der Waals surface area contributed by atoms with E-state index < -0.39 is 0 Å². The number of anilines is 6. The van der Waals surface area contributed by atoms with Gasteiger partial charge in [0.15, 0.2) is 0 Å². The topological polar surface area (TPSA) is 19.6 Å². The standard InChI is InChI=1S/C56H38N2O/c1-4-18-42(19-5-1)57(43-20-6-2-7-21-43)46-35-41(54-37-40-17-10-11-24-48(40)50-25-12-13-26-51(50)54)36-47(38-46)58(44-22-8-3-9-23-44)45-33-31-39(32-34-45)49-28-16-29-53-52-27-14-15-30-55(52)59-56(49)53/h1-38H. The van der Waals surface area contributed by atoms with Gasteiger partial charge in [0.25, 0.3) is 0 Å². The van der Waals surface area contributed by atoms with Crippen molar-refractivity contribution >= 4 is 77.6 Å². The largest absolute Gasteiger partial charge is 0.455 e. The highest BCUT2D eigenvalue weighted by atomic mass is 16.3. The Kier molecular flexibility index (Phi) is 8.49. The number of benzene rings is 10. The predicted molar refractivity (Wildman–Crippen MR) is 249 cm³/mol. The van der Waals surface area contributed by atoms with Crippen LogP contribution in [0.25, 0.3) is 65.7 Å². The summed E-state index contributed by atoms with van der Waals surface area (Å²) in [6, 6.07) is 82.4. The Bertz CT molecular complexity index is 3220. The lowest BCUT2D eigenvalue weighted by molar-refractivity contribution is 0.670. The van der Waals surface area contributed by atoms with Crippen LogP contribution in [0.3, 0.4) is 0 Å². The van der Waals surface area contributed by atoms with E-state index in [2.05, 4.69) is 228 Å². The summed E-state index contributed by atoms with van der Waals surface area (Å²) < 4.78 is 6.46. The van der Waals surface area contributed by atoms with Crippen LogP contribution in [0.5, 0.6) is 0 Å². The Morgan fingerprint density at radius 3 is 1.39 bits per heavy atom. The summed E-state index contributed by atoms with van der Waals surface area (Å²) in [6.45, 7) is 0. The number of furan rings is 1. The third-order valence-electron chi connectivity index (χ3n) is 11.4. The summed E-state index contributed by atoms with van der Waals surface area (Å²) in [5.41, 5.74) is 12.7. The van der Waals surface area contributed by atoms with E-state index in [1.807, 2.05) is 12.1 Å². The van der Waals surface area contributed by atoms with Gasteiger partial charge in [0.1, 0.15) is 11.2 Å². The molecule has 0 aliphatic rings. The number of rotatable bonds is 8. The molecule has 10 aromatic carbocycles. The molecule has 0 aliphatic carbocycles. The van der Waals surface area contributed by atoms with Gasteiger partial charge < -0.3 is 14.2 Å². The fraction of sp³-hybridized carbons (Fsp3) is 0. The van der Waals surface area contributed by atoms with Crippen LogP contribution < -0.4 is 9.80 Å². The van der Waals surface area contributed by atoms with Gasteiger partial charge in [-0.2, -0.15) is 0 Å². The second-order valence-corrected chi connectivity index (χ2v) is 14.9. The van der Waals surface area contributed by atoms with Crippen LogP contribution in [0.2, 0.25) is 0 Å². The van der Waals surface area contributed by atoms with E-state index in [1.54, 1.807) is 0 Å². The lowest BCUT2D eigenvalue weighted by Crippen LogP contribution is -2.13. The van der Waals surface area contributed by atoms with Crippen LogP contribution in [0.4, 0.5) is 34.1 Å². The minimum absolute atomic E-state index is 0.900. The van der Waals surface area contributed by atoms with E-state index in [4.69, 9.17) is 4.42 Å². The van der Waals surface area contributed by atoms with Crippen LogP contribution in [-0.4, -0.2) is 0 Å². The maximum atomic E-state index is 6.46. The number of hydrogen-bond acceptors (Lipinski definition) is 3. The third kappa shape index (κ3) is 6.17. The van der Waals surface area contributed by atoms with Crippen LogP contribution in [0.1, 0.15) is 0 Å². The number of hydrogen-bond donors (Lipinski definition) is 0. The van der Waals surface area contributed by atoms with Crippen molar-refractivity contribution in [1.29, 1.82) is 0 Å². The van der Waals surface area contributed by atoms with Gasteiger partial charge in [0.05, 0.1) is 0 Å². The highest BCUT2D eigenvalue weighted by Crippen LogP contribution is 2.45. The Morgan fingerprint density at radius 2 is 0.763 bits per heavy atom. The van der Waals surface area contributed by atoms with Crippen LogP contribution in [0, 0.1) is 0 Å². The molecule has 59 heavy (non-hydrogen) atoms. The molecule has 11 aromatic rings. The Labute approximate surface area is 343 Å². The van der Waals surface area contributed by atoms with E-state index in [-0.39, 0.29) is 0 Å². The van der Waals surface area contributed by atoms with E-state index in [0.717, 1.165) is 72.8 Å². The smallest absolute Gasteiger partial charge is 0.143 e. The van der Waals surface area contributed by atoms with Gasteiger partial charge in [0.2, 0.25) is 0 Å². The molecule has 1 heterocycles. The van der Waals surface area contributed by atoms with Gasteiger partial charge in [0, 0.05) is 50.5 Å². The highest BCUT2D eigenvalue weighted by Gasteiger charge is 2.21. The lowest BCUT2D eigenvalue weighted by Gasteiger charge is -2.30. The van der Waals surface area contributed by atoms with Crippen molar-refractivity contribution in [1.82, 2.24) is 0 Å². The summed E-state index contributed by atoms with van der Waals surface area (Å²) >= 11 is 0. The van der Waals surface area contributed by atoms with Crippen LogP contribution in [0.15, 0.2) is 235 Å². The van der Waals surface area contributed by atoms with Gasteiger partial charge in [-0.05, 0) is 117 Å². The van der Waals surface area contributed by atoms with Gasteiger partial charge in [-0.3, -0.25) is 0 Å². The van der Waals surface area contributed by atoms with Crippen molar-refractivity contribution in [3.63, 3.8) is 0 Å². The first kappa shape index (κ1) is 34.4. The quantitative estimate of drug-likeness (QED) is 0.144. The fourth-order valence-corrected chi connectivity index (χ4v) is 8.69. The molecule has 3 heteroatoms. The maximum Gasteiger partial charge on any atom is 0.143 e. The SMILES string of the molecule is c1ccc(N(c2ccccc2)c2cc(-c3cc4ccccc4c4ccccc34)cc(N(c3ccccc3)c3ccc(-c4cccc5c4oc4ccccc45)cc3)c2)cc1. The van der Waals surface area contributed by atoms with Crippen molar-refractivity contribution in [3.05, 3.63) is 231 Å². The molecule has 0 unspecified atom stereocenters. The summed E-state index contributed by atoms with van der Waals surface area (Å²) in [6.07, 6.45) is 0. The van der Waals surface area contributed by atoms with Crippen molar-refractivity contribution in [2.45, 2.75) is 0 Å². The monoisotopic (exact) mass is 754 g/mol. The predicted octanol–water partition coefficient (Wildman–Crippen LogP) is 16.2. The van der Waals surface area contributed by atoms with Gasteiger partial charge >= 0.3 is 0 Å². The zero-order valence-corrected chi connectivity index (χ0v) is 32.2. The third-order valence-corrected chi connectivity index (χ3v) is 11.4. The Hall–Kier alpha value is -7.88. The molecule has 0 radical (unpaired) electrons. The second kappa shape index (κ2) is 14.6. The molecule has 3 nitrogen and oxygen atoms in total. The number of nitrogens with zero attached hydrogens (tertiary/aromatic N) is 2. The molecule has 1 aromatic heterocycles. The van der Waals surface area contributed by atoms with Crippen molar-refractivity contribution in [2.24, 2.45) is 0 Å². The molecular weight excluding hydrogens is 717 g/mol. The number of fused-ring (bicyclic) bond motifs is 6. The first-order valence-corrected chi connectivity index (χ1v) is 20.1. The van der Waals surface area contributed by atoms with E-state index in [0.29, 0.717) is 0 Å². The van der Waals surface area contributed by atoms with Crippen LogP contribution in [-0.2, 0) is 0 Å². The summed E-state index contributed by atoms with van der Waals surface area (Å²) in [7, 11) is 0.